The van der Waals surface area contributed by atoms with Gasteiger partial charge in [-0.25, -0.2) is 4.79 Å². The normalized spacial score (nSPS) is 14.9. The zero-order chi connectivity index (χ0) is 22.4. The SMILES string of the molecule is O=C(CN1CCN(C(=O)NCc2cccc(Br)c2)CC1)Nc1ccccc1C(F)(F)F. The van der Waals surface area contributed by atoms with Crippen LogP contribution in [0, 0.1) is 0 Å². The number of halogens is 4. The molecule has 6 nitrogen and oxygen atoms in total. The van der Waals surface area contributed by atoms with Crippen molar-refractivity contribution >= 4 is 33.6 Å². The Labute approximate surface area is 186 Å². The van der Waals surface area contributed by atoms with E-state index in [9.17, 15) is 22.8 Å². The van der Waals surface area contributed by atoms with E-state index in [4.69, 9.17) is 0 Å². The van der Waals surface area contributed by atoms with Gasteiger partial charge >= 0.3 is 12.2 Å². The van der Waals surface area contributed by atoms with Gasteiger partial charge in [0.1, 0.15) is 0 Å². The van der Waals surface area contributed by atoms with E-state index in [0.29, 0.717) is 32.7 Å². The van der Waals surface area contributed by atoms with Gasteiger partial charge in [0.05, 0.1) is 17.8 Å². The number of hydrogen-bond acceptors (Lipinski definition) is 3. The summed E-state index contributed by atoms with van der Waals surface area (Å²) in [7, 11) is 0. The van der Waals surface area contributed by atoms with Gasteiger partial charge in [0.25, 0.3) is 0 Å². The topological polar surface area (TPSA) is 64.7 Å². The van der Waals surface area contributed by atoms with Crippen molar-refractivity contribution in [2.24, 2.45) is 0 Å². The molecule has 2 aromatic carbocycles. The second-order valence-electron chi connectivity index (χ2n) is 7.14. The van der Waals surface area contributed by atoms with E-state index in [0.717, 1.165) is 16.1 Å². The summed E-state index contributed by atoms with van der Waals surface area (Å²) in [5.41, 5.74) is -0.169. The fourth-order valence-corrected chi connectivity index (χ4v) is 3.72. The fraction of sp³-hybridized carbons (Fsp3) is 0.333. The molecule has 3 amide bonds. The number of urea groups is 1. The number of nitrogens with one attached hydrogen (secondary N) is 2. The summed E-state index contributed by atoms with van der Waals surface area (Å²) in [4.78, 5) is 28.1. The van der Waals surface area contributed by atoms with Crippen LogP contribution in [0.2, 0.25) is 0 Å². The zero-order valence-electron chi connectivity index (χ0n) is 16.6. The summed E-state index contributed by atoms with van der Waals surface area (Å²) in [6, 6.07) is 12.3. The number of amides is 3. The van der Waals surface area contributed by atoms with Gasteiger partial charge in [-0.3, -0.25) is 9.69 Å². The van der Waals surface area contributed by atoms with Crippen molar-refractivity contribution in [3.8, 4) is 0 Å². The summed E-state index contributed by atoms with van der Waals surface area (Å²) in [5, 5.41) is 5.21. The Bertz CT molecular complexity index is 931. The summed E-state index contributed by atoms with van der Waals surface area (Å²) in [6.45, 7) is 2.13. The van der Waals surface area contributed by atoms with E-state index in [-0.39, 0.29) is 18.3 Å². The predicted molar refractivity (Wildman–Crippen MR) is 114 cm³/mol. The smallest absolute Gasteiger partial charge is 0.334 e. The van der Waals surface area contributed by atoms with Crippen molar-refractivity contribution in [2.45, 2.75) is 12.7 Å². The van der Waals surface area contributed by atoms with Crippen LogP contribution >= 0.6 is 15.9 Å². The summed E-state index contributed by atoms with van der Waals surface area (Å²) >= 11 is 3.39. The Kier molecular flexibility index (Phi) is 7.55. The predicted octanol–water partition coefficient (Wildman–Crippen LogP) is 3.93. The molecule has 3 rings (SSSR count). The standard InChI is InChI=1S/C21H22BrF3N4O2/c22-16-5-3-4-15(12-16)13-26-20(31)29-10-8-28(9-11-29)14-19(30)27-18-7-2-1-6-17(18)21(23,24)25/h1-7,12H,8-11,13-14H2,(H,26,31)(H,27,30). The van der Waals surface area contributed by atoms with Crippen LogP contribution in [0.15, 0.2) is 53.0 Å². The van der Waals surface area contributed by atoms with Crippen LogP contribution in [-0.4, -0.2) is 54.5 Å². The van der Waals surface area contributed by atoms with E-state index in [1.807, 2.05) is 29.2 Å². The third-order valence-electron chi connectivity index (χ3n) is 4.87. The molecule has 0 aliphatic carbocycles. The lowest BCUT2D eigenvalue weighted by atomic mass is 10.1. The van der Waals surface area contributed by atoms with Crippen molar-refractivity contribution in [3.05, 3.63) is 64.1 Å². The van der Waals surface area contributed by atoms with Crippen LogP contribution < -0.4 is 10.6 Å². The number of carbonyl (C=O) groups is 2. The molecule has 1 saturated heterocycles. The quantitative estimate of drug-likeness (QED) is 0.656. The molecule has 0 aromatic heterocycles. The molecule has 1 aliphatic heterocycles. The van der Waals surface area contributed by atoms with E-state index in [2.05, 4.69) is 26.6 Å². The van der Waals surface area contributed by atoms with E-state index in [1.54, 1.807) is 4.90 Å². The minimum atomic E-state index is -4.54. The van der Waals surface area contributed by atoms with Crippen molar-refractivity contribution in [3.63, 3.8) is 0 Å². The highest BCUT2D eigenvalue weighted by atomic mass is 79.9. The van der Waals surface area contributed by atoms with Crippen molar-refractivity contribution in [1.82, 2.24) is 15.1 Å². The van der Waals surface area contributed by atoms with E-state index < -0.39 is 17.6 Å². The minimum Gasteiger partial charge on any atom is -0.334 e. The molecule has 0 saturated carbocycles. The molecule has 31 heavy (non-hydrogen) atoms. The fourth-order valence-electron chi connectivity index (χ4n) is 3.28. The number of carbonyl (C=O) groups excluding carboxylic acids is 2. The first kappa shape index (κ1) is 23.1. The molecule has 0 spiro atoms. The molecular weight excluding hydrogens is 477 g/mol. The number of hydrogen-bond donors (Lipinski definition) is 2. The van der Waals surface area contributed by atoms with E-state index in [1.165, 1.54) is 18.2 Å². The first-order chi connectivity index (χ1) is 14.7. The maximum Gasteiger partial charge on any atom is 0.418 e. The Morgan fingerprint density at radius 1 is 1.00 bits per heavy atom. The number of nitrogens with zero attached hydrogens (tertiary/aromatic N) is 2. The third-order valence-corrected chi connectivity index (χ3v) is 5.36. The molecule has 0 radical (unpaired) electrons. The van der Waals surface area contributed by atoms with Gasteiger partial charge in [0, 0.05) is 37.2 Å². The summed E-state index contributed by atoms with van der Waals surface area (Å²) in [6.07, 6.45) is -4.54. The molecule has 0 atom stereocenters. The number of anilines is 1. The second kappa shape index (κ2) is 10.1. The molecule has 1 aliphatic rings. The second-order valence-corrected chi connectivity index (χ2v) is 8.06. The lowest BCUT2D eigenvalue weighted by Crippen LogP contribution is -2.52. The zero-order valence-corrected chi connectivity index (χ0v) is 18.2. The maximum atomic E-state index is 13.1. The maximum absolute atomic E-state index is 13.1. The largest absolute Gasteiger partial charge is 0.418 e. The molecule has 10 heteroatoms. The molecule has 166 valence electrons. The van der Waals surface area contributed by atoms with Crippen LogP contribution in [0.4, 0.5) is 23.7 Å². The van der Waals surface area contributed by atoms with Crippen molar-refractivity contribution in [1.29, 1.82) is 0 Å². The highest BCUT2D eigenvalue weighted by Crippen LogP contribution is 2.34. The van der Waals surface area contributed by atoms with Crippen molar-refractivity contribution in [2.75, 3.05) is 38.0 Å². The van der Waals surface area contributed by atoms with Gasteiger partial charge in [0.15, 0.2) is 0 Å². The van der Waals surface area contributed by atoms with Gasteiger partial charge in [0.2, 0.25) is 5.91 Å². The number of rotatable bonds is 5. The Hall–Kier alpha value is -2.59. The number of alkyl halides is 3. The molecule has 0 bridgehead atoms. The molecule has 1 fully saturated rings. The molecular formula is C21H22BrF3N4O2. The lowest BCUT2D eigenvalue weighted by Gasteiger charge is -2.34. The third kappa shape index (κ3) is 6.70. The molecule has 2 N–H and O–H groups in total. The highest BCUT2D eigenvalue weighted by Gasteiger charge is 2.33. The van der Waals surface area contributed by atoms with Gasteiger partial charge in [-0.05, 0) is 29.8 Å². The molecule has 0 unspecified atom stereocenters. The van der Waals surface area contributed by atoms with Crippen LogP contribution in [0.5, 0.6) is 0 Å². The minimum absolute atomic E-state index is 0.0420. The van der Waals surface area contributed by atoms with Gasteiger partial charge < -0.3 is 15.5 Å². The van der Waals surface area contributed by atoms with Crippen molar-refractivity contribution < 1.29 is 22.8 Å². The number of piperazine rings is 1. The Morgan fingerprint density at radius 3 is 2.39 bits per heavy atom. The van der Waals surface area contributed by atoms with Gasteiger partial charge in [-0.1, -0.05) is 40.2 Å². The molecule has 1 heterocycles. The average molecular weight is 499 g/mol. The summed E-state index contributed by atoms with van der Waals surface area (Å²) < 4.78 is 40.1. The average Bonchev–Trinajstić information content (AvgIpc) is 2.72. The van der Waals surface area contributed by atoms with Crippen LogP contribution in [0.3, 0.4) is 0 Å². The van der Waals surface area contributed by atoms with Crippen LogP contribution in [0.25, 0.3) is 0 Å². The Balaban J connectivity index is 1.45. The molecule has 2 aromatic rings. The highest BCUT2D eigenvalue weighted by molar-refractivity contribution is 9.10. The number of benzene rings is 2. The van der Waals surface area contributed by atoms with Crippen LogP contribution in [-0.2, 0) is 17.5 Å². The summed E-state index contributed by atoms with van der Waals surface area (Å²) in [5.74, 6) is -0.524. The monoisotopic (exact) mass is 498 g/mol. The number of para-hydroxylation sites is 1. The van der Waals surface area contributed by atoms with Gasteiger partial charge in [-0.15, -0.1) is 0 Å². The first-order valence-electron chi connectivity index (χ1n) is 9.68. The Morgan fingerprint density at radius 2 is 1.71 bits per heavy atom. The van der Waals surface area contributed by atoms with E-state index >= 15 is 0 Å². The lowest BCUT2D eigenvalue weighted by molar-refractivity contribution is -0.137. The van der Waals surface area contributed by atoms with Crippen LogP contribution in [0.1, 0.15) is 11.1 Å². The van der Waals surface area contributed by atoms with Gasteiger partial charge in [-0.2, -0.15) is 13.2 Å². The first-order valence-corrected chi connectivity index (χ1v) is 10.5.